The zero-order chi connectivity index (χ0) is 17.9. The van der Waals surface area contributed by atoms with Gasteiger partial charge in [-0.2, -0.15) is 0 Å². The molecule has 0 bridgehead atoms. The van der Waals surface area contributed by atoms with Crippen LogP contribution in [-0.2, 0) is 9.53 Å². The van der Waals surface area contributed by atoms with Gasteiger partial charge in [0.25, 0.3) is 5.91 Å². The van der Waals surface area contributed by atoms with Crippen LogP contribution in [0.5, 0.6) is 5.75 Å². The number of aryl methyl sites for hydroxylation is 1. The van der Waals surface area contributed by atoms with Crippen molar-refractivity contribution in [2.24, 2.45) is 0 Å². The van der Waals surface area contributed by atoms with Crippen LogP contribution in [0.1, 0.15) is 22.8 Å². The second kappa shape index (κ2) is 7.55. The Labute approximate surface area is 149 Å². The highest BCUT2D eigenvalue weighted by Gasteiger charge is 2.21. The number of rotatable bonds is 4. The van der Waals surface area contributed by atoms with Gasteiger partial charge in [0, 0.05) is 5.02 Å². The van der Waals surface area contributed by atoms with Gasteiger partial charge in [-0.05, 0) is 44.2 Å². The Kier molecular flexibility index (Phi) is 5.70. The summed E-state index contributed by atoms with van der Waals surface area (Å²) in [6.45, 7) is 3.19. The van der Waals surface area contributed by atoms with Gasteiger partial charge in [-0.1, -0.05) is 34.8 Å². The van der Waals surface area contributed by atoms with E-state index in [2.05, 4.69) is 5.32 Å². The monoisotopic (exact) mass is 367 g/mol. The predicted molar refractivity (Wildman–Crippen MR) is 92.8 cm³/mol. The fourth-order valence-electron chi connectivity index (χ4n) is 1.92. The topological polar surface area (TPSA) is 75.6 Å². The number of hydrogen-bond donors (Lipinski definition) is 2. The molecule has 24 heavy (non-hydrogen) atoms. The first-order valence-corrected chi connectivity index (χ1v) is 7.80. The van der Waals surface area contributed by atoms with Crippen molar-refractivity contribution in [3.8, 4) is 5.75 Å². The van der Waals surface area contributed by atoms with Gasteiger partial charge in [0.05, 0.1) is 10.7 Å². The minimum absolute atomic E-state index is 0.000764. The van der Waals surface area contributed by atoms with E-state index in [1.807, 2.05) is 0 Å². The number of phenolic OH excluding ortho intramolecular Hbond substituents is 1. The molecule has 0 aliphatic carbocycles. The Balaban J connectivity index is 2.05. The zero-order valence-electron chi connectivity index (χ0n) is 13.0. The number of nitrogens with one attached hydrogen (secondary N) is 1. The molecule has 0 unspecified atom stereocenters. The number of esters is 1. The van der Waals surface area contributed by atoms with E-state index in [9.17, 15) is 14.7 Å². The zero-order valence-corrected chi connectivity index (χ0v) is 14.5. The molecule has 2 aromatic rings. The number of hydrogen-bond acceptors (Lipinski definition) is 4. The number of ether oxygens (including phenoxy) is 1. The first-order chi connectivity index (χ1) is 11.3. The van der Waals surface area contributed by atoms with Crippen LogP contribution in [0.4, 0.5) is 5.69 Å². The fourth-order valence-corrected chi connectivity index (χ4v) is 2.37. The van der Waals surface area contributed by atoms with E-state index in [0.29, 0.717) is 10.7 Å². The van der Waals surface area contributed by atoms with Crippen molar-refractivity contribution in [1.29, 1.82) is 0 Å². The Hall–Kier alpha value is -2.24. The molecule has 1 amide bonds. The third-order valence-electron chi connectivity index (χ3n) is 3.21. The molecule has 2 rings (SSSR count). The summed E-state index contributed by atoms with van der Waals surface area (Å²) >= 11 is 11.8. The first-order valence-electron chi connectivity index (χ1n) is 7.04. The number of carbonyl (C=O) groups is 2. The van der Waals surface area contributed by atoms with E-state index in [1.54, 1.807) is 25.1 Å². The van der Waals surface area contributed by atoms with E-state index in [4.69, 9.17) is 27.9 Å². The van der Waals surface area contributed by atoms with Gasteiger partial charge >= 0.3 is 5.97 Å². The molecule has 0 saturated heterocycles. The van der Waals surface area contributed by atoms with Crippen molar-refractivity contribution in [3.63, 3.8) is 0 Å². The minimum atomic E-state index is -1.08. The molecular formula is C17H15Cl2NO4. The second-order valence-corrected chi connectivity index (χ2v) is 6.03. The molecule has 0 spiro atoms. The maximum Gasteiger partial charge on any atom is 0.342 e. The number of amides is 1. The lowest BCUT2D eigenvalue weighted by molar-refractivity contribution is -0.123. The molecule has 2 aromatic carbocycles. The molecule has 0 aromatic heterocycles. The van der Waals surface area contributed by atoms with E-state index in [1.165, 1.54) is 25.1 Å². The lowest BCUT2D eigenvalue weighted by atomic mass is 10.1. The summed E-state index contributed by atoms with van der Waals surface area (Å²) < 4.78 is 5.09. The van der Waals surface area contributed by atoms with Crippen molar-refractivity contribution in [2.75, 3.05) is 5.32 Å². The summed E-state index contributed by atoms with van der Waals surface area (Å²) in [4.78, 5) is 24.2. The Morgan fingerprint density at radius 2 is 1.88 bits per heavy atom. The Morgan fingerprint density at radius 1 is 1.17 bits per heavy atom. The highest BCUT2D eigenvalue weighted by Crippen LogP contribution is 2.26. The lowest BCUT2D eigenvalue weighted by Gasteiger charge is -2.15. The highest BCUT2D eigenvalue weighted by atomic mass is 35.5. The van der Waals surface area contributed by atoms with E-state index >= 15 is 0 Å². The quantitative estimate of drug-likeness (QED) is 0.794. The maximum atomic E-state index is 12.1. The third kappa shape index (κ3) is 4.40. The van der Waals surface area contributed by atoms with Crippen LogP contribution in [0.3, 0.4) is 0 Å². The Morgan fingerprint density at radius 3 is 2.54 bits per heavy atom. The van der Waals surface area contributed by atoms with Gasteiger partial charge in [-0.3, -0.25) is 4.79 Å². The lowest BCUT2D eigenvalue weighted by Crippen LogP contribution is -2.30. The van der Waals surface area contributed by atoms with Crippen LogP contribution >= 0.6 is 23.2 Å². The number of anilines is 1. The number of carbonyl (C=O) groups excluding carboxylic acids is 2. The van der Waals surface area contributed by atoms with Crippen LogP contribution in [0, 0.1) is 6.92 Å². The molecule has 0 saturated carbocycles. The summed E-state index contributed by atoms with van der Waals surface area (Å²) in [5.74, 6) is -1.56. The molecule has 126 valence electrons. The molecular weight excluding hydrogens is 353 g/mol. The van der Waals surface area contributed by atoms with E-state index in [0.717, 1.165) is 5.56 Å². The van der Waals surface area contributed by atoms with Crippen LogP contribution in [0.25, 0.3) is 0 Å². The summed E-state index contributed by atoms with van der Waals surface area (Å²) in [6, 6.07) is 9.14. The number of phenols is 1. The third-order valence-corrected chi connectivity index (χ3v) is 3.76. The highest BCUT2D eigenvalue weighted by molar-refractivity contribution is 6.36. The molecule has 0 heterocycles. The van der Waals surface area contributed by atoms with Crippen LogP contribution in [0.15, 0.2) is 36.4 Å². The molecule has 0 fully saturated rings. The summed E-state index contributed by atoms with van der Waals surface area (Å²) in [7, 11) is 0. The van der Waals surface area contributed by atoms with Crippen molar-refractivity contribution in [1.82, 2.24) is 0 Å². The molecule has 1 atom stereocenters. The van der Waals surface area contributed by atoms with Gasteiger partial charge in [-0.15, -0.1) is 0 Å². The average Bonchev–Trinajstić information content (AvgIpc) is 2.52. The molecule has 2 N–H and O–H groups in total. The van der Waals surface area contributed by atoms with Gasteiger partial charge in [0.2, 0.25) is 0 Å². The Bertz CT molecular complexity index is 792. The van der Waals surface area contributed by atoms with Gasteiger partial charge < -0.3 is 15.2 Å². The van der Waals surface area contributed by atoms with Crippen LogP contribution in [-0.4, -0.2) is 23.1 Å². The molecule has 7 heteroatoms. The average molecular weight is 368 g/mol. The van der Waals surface area contributed by atoms with Crippen molar-refractivity contribution in [3.05, 3.63) is 57.6 Å². The van der Waals surface area contributed by atoms with Gasteiger partial charge in [0.15, 0.2) is 6.10 Å². The van der Waals surface area contributed by atoms with Crippen molar-refractivity contribution >= 4 is 40.8 Å². The normalized spacial score (nSPS) is 11.7. The first kappa shape index (κ1) is 18.1. The van der Waals surface area contributed by atoms with Crippen molar-refractivity contribution < 1.29 is 19.4 Å². The molecule has 0 radical (unpaired) electrons. The number of aromatic hydroxyl groups is 1. The predicted octanol–water partition coefficient (Wildman–Crippen LogP) is 4.19. The smallest absolute Gasteiger partial charge is 0.342 e. The molecule has 5 nitrogen and oxygen atoms in total. The summed E-state index contributed by atoms with van der Waals surface area (Å²) in [5, 5.41) is 13.0. The largest absolute Gasteiger partial charge is 0.507 e. The van der Waals surface area contributed by atoms with Gasteiger partial charge in [-0.25, -0.2) is 4.79 Å². The van der Waals surface area contributed by atoms with Gasteiger partial charge in [0.1, 0.15) is 11.3 Å². The summed E-state index contributed by atoms with van der Waals surface area (Å²) in [5.41, 5.74) is 1.14. The van der Waals surface area contributed by atoms with Crippen LogP contribution in [0.2, 0.25) is 10.0 Å². The summed E-state index contributed by atoms with van der Waals surface area (Å²) in [6.07, 6.45) is -1.08. The SMILES string of the molecule is Cc1ccc(O)c(C(=O)O[C@@H](C)C(=O)Nc2ccc(Cl)cc2Cl)c1. The van der Waals surface area contributed by atoms with E-state index in [-0.39, 0.29) is 16.3 Å². The van der Waals surface area contributed by atoms with E-state index < -0.39 is 18.0 Å². The standard InChI is InChI=1S/C17H15Cl2NO4/c1-9-3-6-15(21)12(7-9)17(23)24-10(2)16(22)20-14-5-4-11(18)8-13(14)19/h3-8,10,21H,1-2H3,(H,20,22)/t10-/m0/s1. The molecule has 0 aliphatic heterocycles. The maximum absolute atomic E-state index is 12.1. The minimum Gasteiger partial charge on any atom is -0.507 e. The molecule has 0 aliphatic rings. The van der Waals surface area contributed by atoms with Crippen molar-refractivity contribution in [2.45, 2.75) is 20.0 Å². The second-order valence-electron chi connectivity index (χ2n) is 5.18. The number of halogens is 2. The number of benzene rings is 2. The fraction of sp³-hybridized carbons (Fsp3) is 0.176. The van der Waals surface area contributed by atoms with Crippen LogP contribution < -0.4 is 5.32 Å².